The van der Waals surface area contributed by atoms with Crippen molar-refractivity contribution in [3.63, 3.8) is 0 Å². The first-order chi connectivity index (χ1) is 7.08. The third kappa shape index (κ3) is 2.14. The number of nitrogens with one attached hydrogen (secondary N) is 1. The number of rotatable bonds is 1. The molecule has 1 aromatic heterocycles. The van der Waals surface area contributed by atoms with Crippen LogP contribution in [0.4, 0.5) is 0 Å². The lowest BCUT2D eigenvalue weighted by atomic mass is 10.1. The van der Waals surface area contributed by atoms with Crippen LogP contribution in [0, 0.1) is 17.8 Å². The minimum Gasteiger partial charge on any atom is -0.337 e. The maximum Gasteiger partial charge on any atom is 0.159 e. The number of thiazole rings is 1. The predicted octanol–water partition coefficient (Wildman–Crippen LogP) is 4.74. The maximum absolute atomic E-state index is 5.99. The Labute approximate surface area is 103 Å². The third-order valence-corrected chi connectivity index (χ3v) is 3.68. The fraction of sp³-hybridized carbons (Fsp3) is 0.182. The van der Waals surface area contributed by atoms with E-state index in [1.54, 1.807) is 11.3 Å². The molecule has 0 atom stereocenters. The van der Waals surface area contributed by atoms with Crippen LogP contribution in [0.2, 0.25) is 5.02 Å². The van der Waals surface area contributed by atoms with Crippen LogP contribution in [0.3, 0.4) is 0 Å². The Morgan fingerprint density at radius 3 is 2.67 bits per heavy atom. The highest BCUT2D eigenvalue weighted by molar-refractivity contribution is 7.73. The van der Waals surface area contributed by atoms with Crippen molar-refractivity contribution in [3.05, 3.63) is 37.6 Å². The second-order valence-corrected chi connectivity index (χ2v) is 5.73. The lowest BCUT2D eigenvalue weighted by Gasteiger charge is -2.05. The van der Waals surface area contributed by atoms with Crippen molar-refractivity contribution in [2.45, 2.75) is 13.8 Å². The quantitative estimate of drug-likeness (QED) is 0.728. The minimum absolute atomic E-state index is 0.750. The Morgan fingerprint density at radius 1 is 1.33 bits per heavy atom. The molecular formula is C11H10ClNS2. The van der Waals surface area contributed by atoms with E-state index in [0.717, 1.165) is 20.2 Å². The second kappa shape index (κ2) is 4.08. The van der Waals surface area contributed by atoms with Gasteiger partial charge in [0.25, 0.3) is 0 Å². The molecule has 4 heteroatoms. The molecule has 0 radical (unpaired) electrons. The van der Waals surface area contributed by atoms with E-state index < -0.39 is 0 Å². The van der Waals surface area contributed by atoms with E-state index in [2.05, 4.69) is 18.8 Å². The van der Waals surface area contributed by atoms with E-state index in [1.165, 1.54) is 10.4 Å². The van der Waals surface area contributed by atoms with Gasteiger partial charge in [0.2, 0.25) is 0 Å². The molecule has 0 unspecified atom stereocenters. The summed E-state index contributed by atoms with van der Waals surface area (Å²) in [5.41, 5.74) is 3.42. The molecule has 78 valence electrons. The Balaban J connectivity index is 2.68. The highest BCUT2D eigenvalue weighted by atomic mass is 35.5. The molecule has 2 aromatic rings. The molecule has 0 bridgehead atoms. The van der Waals surface area contributed by atoms with Gasteiger partial charge >= 0.3 is 0 Å². The van der Waals surface area contributed by atoms with Crippen molar-refractivity contribution < 1.29 is 0 Å². The van der Waals surface area contributed by atoms with E-state index in [-0.39, 0.29) is 0 Å². The summed E-state index contributed by atoms with van der Waals surface area (Å²) < 4.78 is 0.807. The number of hydrogen-bond donors (Lipinski definition) is 1. The molecule has 2 rings (SSSR count). The highest BCUT2D eigenvalue weighted by Gasteiger charge is 2.08. The molecule has 0 aliphatic heterocycles. The van der Waals surface area contributed by atoms with Gasteiger partial charge in [-0.15, -0.1) is 11.3 Å². The van der Waals surface area contributed by atoms with Crippen molar-refractivity contribution in [3.8, 4) is 11.3 Å². The molecule has 1 N–H and O–H groups in total. The first kappa shape index (κ1) is 10.9. The number of aryl methyl sites for hydroxylation is 2. The summed E-state index contributed by atoms with van der Waals surface area (Å²) in [6.45, 7) is 4.13. The van der Waals surface area contributed by atoms with Gasteiger partial charge in [-0.05, 0) is 43.8 Å². The van der Waals surface area contributed by atoms with Crippen LogP contribution in [0.25, 0.3) is 11.3 Å². The molecule has 0 saturated heterocycles. The lowest BCUT2D eigenvalue weighted by molar-refractivity contribution is 1.33. The normalized spacial score (nSPS) is 10.6. The van der Waals surface area contributed by atoms with Crippen molar-refractivity contribution in [2.24, 2.45) is 0 Å². The Morgan fingerprint density at radius 2 is 2.07 bits per heavy atom. The van der Waals surface area contributed by atoms with Gasteiger partial charge in [-0.25, -0.2) is 0 Å². The van der Waals surface area contributed by atoms with E-state index in [1.807, 2.05) is 18.2 Å². The topological polar surface area (TPSA) is 15.8 Å². The molecule has 0 amide bonds. The molecule has 0 fully saturated rings. The average molecular weight is 256 g/mol. The molecule has 0 aliphatic rings. The zero-order chi connectivity index (χ0) is 11.0. The van der Waals surface area contributed by atoms with Gasteiger partial charge in [-0.1, -0.05) is 17.7 Å². The monoisotopic (exact) mass is 255 g/mol. The Bertz CT molecular complexity index is 554. The van der Waals surface area contributed by atoms with Crippen LogP contribution in [0.15, 0.2) is 18.2 Å². The van der Waals surface area contributed by atoms with Crippen LogP contribution in [-0.4, -0.2) is 4.98 Å². The maximum atomic E-state index is 5.99. The Kier molecular flexibility index (Phi) is 2.96. The van der Waals surface area contributed by atoms with Crippen LogP contribution in [-0.2, 0) is 0 Å². The summed E-state index contributed by atoms with van der Waals surface area (Å²) in [4.78, 5) is 4.40. The van der Waals surface area contributed by atoms with Gasteiger partial charge in [0.15, 0.2) is 3.95 Å². The van der Waals surface area contributed by atoms with E-state index >= 15 is 0 Å². The second-order valence-electron chi connectivity index (χ2n) is 3.40. The number of benzene rings is 1. The van der Waals surface area contributed by atoms with E-state index in [0.29, 0.717) is 0 Å². The van der Waals surface area contributed by atoms with Crippen molar-refractivity contribution in [2.75, 3.05) is 0 Å². The van der Waals surface area contributed by atoms with Crippen LogP contribution in [0.5, 0.6) is 0 Å². The summed E-state index contributed by atoms with van der Waals surface area (Å²) in [6, 6.07) is 5.89. The van der Waals surface area contributed by atoms with Gasteiger partial charge in [-0.3, -0.25) is 0 Å². The molecule has 15 heavy (non-hydrogen) atoms. The summed E-state index contributed by atoms with van der Waals surface area (Å²) in [7, 11) is 0. The predicted molar refractivity (Wildman–Crippen MR) is 69.4 cm³/mol. The third-order valence-electron chi connectivity index (χ3n) is 2.29. The van der Waals surface area contributed by atoms with Gasteiger partial charge in [0.05, 0.1) is 5.69 Å². The van der Waals surface area contributed by atoms with Gasteiger partial charge in [0.1, 0.15) is 0 Å². The lowest BCUT2D eigenvalue weighted by Crippen LogP contribution is -1.85. The van der Waals surface area contributed by atoms with Gasteiger partial charge in [0, 0.05) is 15.5 Å². The zero-order valence-corrected chi connectivity index (χ0v) is 10.8. The SMILES string of the molecule is Cc1ccc(Cl)cc1-c1[nH]c(=S)sc1C. The van der Waals surface area contributed by atoms with Crippen molar-refractivity contribution >= 4 is 35.2 Å². The van der Waals surface area contributed by atoms with Crippen LogP contribution >= 0.6 is 35.2 Å². The first-order valence-corrected chi connectivity index (χ1v) is 6.14. The molecule has 0 aliphatic carbocycles. The van der Waals surface area contributed by atoms with Crippen molar-refractivity contribution in [1.29, 1.82) is 0 Å². The number of halogens is 1. The summed E-state index contributed by atoms with van der Waals surface area (Å²) in [5.74, 6) is 0. The van der Waals surface area contributed by atoms with Crippen molar-refractivity contribution in [1.82, 2.24) is 4.98 Å². The van der Waals surface area contributed by atoms with Gasteiger partial charge < -0.3 is 4.98 Å². The molecule has 0 saturated carbocycles. The summed E-state index contributed by atoms with van der Waals surface area (Å²) in [5, 5.41) is 0.750. The fourth-order valence-electron chi connectivity index (χ4n) is 1.53. The first-order valence-electron chi connectivity index (χ1n) is 4.54. The molecule has 0 spiro atoms. The summed E-state index contributed by atoms with van der Waals surface area (Å²) >= 11 is 12.7. The molecule has 1 nitrogen and oxygen atoms in total. The number of aromatic amines is 1. The standard InChI is InChI=1S/C11H10ClNS2/c1-6-3-4-8(12)5-9(6)10-7(2)15-11(14)13-10/h3-5H,1-2H3,(H,13,14). The molecule has 1 aromatic carbocycles. The Hall–Kier alpha value is -0.640. The van der Waals surface area contributed by atoms with Crippen LogP contribution in [0.1, 0.15) is 10.4 Å². The zero-order valence-electron chi connectivity index (χ0n) is 8.43. The van der Waals surface area contributed by atoms with Crippen LogP contribution < -0.4 is 0 Å². The van der Waals surface area contributed by atoms with Gasteiger partial charge in [-0.2, -0.15) is 0 Å². The van der Waals surface area contributed by atoms with E-state index in [9.17, 15) is 0 Å². The fourth-order valence-corrected chi connectivity index (χ4v) is 2.87. The molecule has 1 heterocycles. The molecular weight excluding hydrogens is 246 g/mol. The number of H-pyrrole nitrogens is 1. The van der Waals surface area contributed by atoms with E-state index in [4.69, 9.17) is 23.8 Å². The number of hydrogen-bond acceptors (Lipinski definition) is 2. The number of aromatic nitrogens is 1. The largest absolute Gasteiger partial charge is 0.337 e. The summed E-state index contributed by atoms with van der Waals surface area (Å²) in [6.07, 6.45) is 0. The minimum atomic E-state index is 0.750. The average Bonchev–Trinajstić information content (AvgIpc) is 2.50. The smallest absolute Gasteiger partial charge is 0.159 e. The highest BCUT2D eigenvalue weighted by Crippen LogP contribution is 2.30.